The van der Waals surface area contributed by atoms with Gasteiger partial charge < -0.3 is 15.4 Å². The molecule has 0 bridgehead atoms. The molecule has 6 heteroatoms. The molecule has 0 fully saturated rings. The highest BCUT2D eigenvalue weighted by Crippen LogP contribution is 2.37. The zero-order chi connectivity index (χ0) is 18.8. The molecule has 0 saturated heterocycles. The van der Waals surface area contributed by atoms with Crippen LogP contribution < -0.4 is 15.4 Å². The van der Waals surface area contributed by atoms with Crippen molar-refractivity contribution in [1.82, 2.24) is 15.6 Å². The number of carbonyl (C=O) groups excluding carboxylic acids is 1. The standard InChI is InChI=1S/C21H19N3O2S/c1-13-18(19(24-21(25)22-13)15-6-4-3-5-7-15)20-23-17(12-27-20)14-8-10-16(26-2)11-9-14/h3-12,19H,1-2H3,(H2,22,24,25). The number of ether oxygens (including phenoxy) is 1. The molecular formula is C21H19N3O2S. The molecule has 0 aliphatic carbocycles. The van der Waals surface area contributed by atoms with E-state index in [0.717, 1.165) is 38.8 Å². The van der Waals surface area contributed by atoms with Gasteiger partial charge >= 0.3 is 6.03 Å². The van der Waals surface area contributed by atoms with Crippen LogP contribution in [0.1, 0.15) is 23.5 Å². The first kappa shape index (κ1) is 17.3. The summed E-state index contributed by atoms with van der Waals surface area (Å²) in [5.74, 6) is 0.816. The quantitative estimate of drug-likeness (QED) is 0.698. The summed E-state index contributed by atoms with van der Waals surface area (Å²) in [6.45, 7) is 1.92. The monoisotopic (exact) mass is 377 g/mol. The highest BCUT2D eigenvalue weighted by molar-refractivity contribution is 7.11. The van der Waals surface area contributed by atoms with Crippen molar-refractivity contribution >= 4 is 22.9 Å². The van der Waals surface area contributed by atoms with Crippen molar-refractivity contribution in [2.45, 2.75) is 13.0 Å². The lowest BCUT2D eigenvalue weighted by molar-refractivity contribution is 0.240. The Balaban J connectivity index is 1.73. The summed E-state index contributed by atoms with van der Waals surface area (Å²) in [6, 6.07) is 17.4. The fraction of sp³-hybridized carbons (Fsp3) is 0.143. The van der Waals surface area contributed by atoms with E-state index in [4.69, 9.17) is 9.72 Å². The van der Waals surface area contributed by atoms with Crippen molar-refractivity contribution in [3.05, 3.63) is 76.2 Å². The van der Waals surface area contributed by atoms with Crippen LogP contribution in [-0.4, -0.2) is 18.1 Å². The molecular weight excluding hydrogens is 358 g/mol. The molecule has 2 N–H and O–H groups in total. The first-order valence-electron chi connectivity index (χ1n) is 8.59. The molecule has 2 aromatic carbocycles. The van der Waals surface area contributed by atoms with Gasteiger partial charge in [0.1, 0.15) is 10.8 Å². The fourth-order valence-electron chi connectivity index (χ4n) is 3.16. The number of aromatic nitrogens is 1. The minimum absolute atomic E-state index is 0.197. The maximum atomic E-state index is 12.0. The second kappa shape index (κ2) is 7.25. The van der Waals surface area contributed by atoms with E-state index >= 15 is 0 Å². The van der Waals surface area contributed by atoms with Crippen molar-refractivity contribution in [2.75, 3.05) is 7.11 Å². The molecule has 2 heterocycles. The maximum absolute atomic E-state index is 12.0. The van der Waals surface area contributed by atoms with Crippen molar-refractivity contribution in [1.29, 1.82) is 0 Å². The normalized spacial score (nSPS) is 16.7. The lowest BCUT2D eigenvalue weighted by Gasteiger charge is -2.28. The van der Waals surface area contributed by atoms with Gasteiger partial charge in [0.25, 0.3) is 0 Å². The average Bonchev–Trinajstić information content (AvgIpc) is 3.18. The Bertz CT molecular complexity index is 994. The van der Waals surface area contributed by atoms with Crippen LogP contribution >= 0.6 is 11.3 Å². The lowest BCUT2D eigenvalue weighted by Crippen LogP contribution is -2.42. The highest BCUT2D eigenvalue weighted by atomic mass is 32.1. The van der Waals surface area contributed by atoms with Crippen LogP contribution in [0, 0.1) is 0 Å². The molecule has 1 aliphatic heterocycles. The molecule has 2 amide bonds. The Morgan fingerprint density at radius 3 is 2.52 bits per heavy atom. The topological polar surface area (TPSA) is 63.2 Å². The molecule has 27 heavy (non-hydrogen) atoms. The van der Waals surface area contributed by atoms with Gasteiger partial charge in [-0.2, -0.15) is 0 Å². The van der Waals surface area contributed by atoms with E-state index in [1.807, 2.05) is 66.9 Å². The number of hydrogen-bond donors (Lipinski definition) is 2. The van der Waals surface area contributed by atoms with Crippen LogP contribution in [0.5, 0.6) is 5.75 Å². The van der Waals surface area contributed by atoms with E-state index in [2.05, 4.69) is 10.6 Å². The van der Waals surface area contributed by atoms with E-state index in [0.29, 0.717) is 0 Å². The van der Waals surface area contributed by atoms with Gasteiger partial charge in [-0.15, -0.1) is 11.3 Å². The Morgan fingerprint density at radius 1 is 1.07 bits per heavy atom. The smallest absolute Gasteiger partial charge is 0.319 e. The average molecular weight is 377 g/mol. The van der Waals surface area contributed by atoms with Crippen LogP contribution in [-0.2, 0) is 0 Å². The number of carbonyl (C=O) groups is 1. The summed E-state index contributed by atoms with van der Waals surface area (Å²) in [5, 5.41) is 8.82. The third-order valence-corrected chi connectivity index (χ3v) is 5.40. The molecule has 5 nitrogen and oxygen atoms in total. The van der Waals surface area contributed by atoms with E-state index < -0.39 is 0 Å². The first-order chi connectivity index (χ1) is 13.2. The SMILES string of the molecule is COc1ccc(-c2csc(C3=C(C)NC(=O)NC3c3ccccc3)n2)cc1. The number of hydrogen-bond acceptors (Lipinski definition) is 4. The summed E-state index contributed by atoms with van der Waals surface area (Å²) in [6.07, 6.45) is 0. The summed E-state index contributed by atoms with van der Waals surface area (Å²) in [5.41, 5.74) is 4.78. The van der Waals surface area contributed by atoms with Gasteiger partial charge in [-0.05, 0) is 36.8 Å². The van der Waals surface area contributed by atoms with E-state index in [-0.39, 0.29) is 12.1 Å². The van der Waals surface area contributed by atoms with Crippen LogP contribution in [0.15, 0.2) is 65.7 Å². The van der Waals surface area contributed by atoms with Gasteiger partial charge in [0, 0.05) is 22.2 Å². The van der Waals surface area contributed by atoms with Gasteiger partial charge in [-0.3, -0.25) is 0 Å². The van der Waals surface area contributed by atoms with Crippen molar-refractivity contribution in [2.24, 2.45) is 0 Å². The highest BCUT2D eigenvalue weighted by Gasteiger charge is 2.29. The fourth-order valence-corrected chi connectivity index (χ4v) is 4.13. The number of urea groups is 1. The second-order valence-electron chi connectivity index (χ2n) is 6.25. The predicted octanol–water partition coefficient (Wildman–Crippen LogP) is 4.60. The Kier molecular flexibility index (Phi) is 4.64. The lowest BCUT2D eigenvalue weighted by atomic mass is 9.96. The summed E-state index contributed by atoms with van der Waals surface area (Å²) in [4.78, 5) is 16.9. The third kappa shape index (κ3) is 3.44. The van der Waals surface area contributed by atoms with E-state index in [1.165, 1.54) is 0 Å². The number of allylic oxidation sites excluding steroid dienone is 1. The van der Waals surface area contributed by atoms with Crippen molar-refractivity contribution in [3.63, 3.8) is 0 Å². The van der Waals surface area contributed by atoms with E-state index in [1.54, 1.807) is 18.4 Å². The molecule has 1 atom stereocenters. The predicted molar refractivity (Wildman–Crippen MR) is 108 cm³/mol. The number of methoxy groups -OCH3 is 1. The maximum Gasteiger partial charge on any atom is 0.319 e. The first-order valence-corrected chi connectivity index (χ1v) is 9.47. The van der Waals surface area contributed by atoms with Gasteiger partial charge in [0.15, 0.2) is 0 Å². The third-order valence-electron chi connectivity index (χ3n) is 4.52. The number of amides is 2. The van der Waals surface area contributed by atoms with Crippen LogP contribution in [0.3, 0.4) is 0 Å². The van der Waals surface area contributed by atoms with Gasteiger partial charge in [-0.25, -0.2) is 9.78 Å². The summed E-state index contributed by atoms with van der Waals surface area (Å²) in [7, 11) is 1.65. The minimum atomic E-state index is -0.227. The van der Waals surface area contributed by atoms with Crippen molar-refractivity contribution < 1.29 is 9.53 Å². The van der Waals surface area contributed by atoms with E-state index in [9.17, 15) is 4.79 Å². The molecule has 1 aromatic heterocycles. The van der Waals surface area contributed by atoms with Gasteiger partial charge in [0.05, 0.1) is 18.8 Å². The largest absolute Gasteiger partial charge is 0.497 e. The molecule has 4 rings (SSSR count). The van der Waals surface area contributed by atoms with Crippen molar-refractivity contribution in [3.8, 4) is 17.0 Å². The number of benzene rings is 2. The summed E-state index contributed by atoms with van der Waals surface area (Å²) < 4.78 is 5.22. The van der Waals surface area contributed by atoms with Crippen LogP contribution in [0.4, 0.5) is 4.79 Å². The van der Waals surface area contributed by atoms with Crippen LogP contribution in [0.2, 0.25) is 0 Å². The zero-order valence-corrected chi connectivity index (χ0v) is 15.8. The number of thiazole rings is 1. The molecule has 0 saturated carbocycles. The van der Waals surface area contributed by atoms with Crippen LogP contribution in [0.25, 0.3) is 16.8 Å². The molecule has 0 spiro atoms. The number of nitrogens with zero attached hydrogens (tertiary/aromatic N) is 1. The molecule has 3 aromatic rings. The molecule has 136 valence electrons. The van der Waals surface area contributed by atoms with Gasteiger partial charge in [0.2, 0.25) is 0 Å². The Morgan fingerprint density at radius 2 is 1.81 bits per heavy atom. The molecule has 1 unspecified atom stereocenters. The second-order valence-corrected chi connectivity index (χ2v) is 7.11. The Hall–Kier alpha value is -3.12. The summed E-state index contributed by atoms with van der Waals surface area (Å²) >= 11 is 1.57. The minimum Gasteiger partial charge on any atom is -0.497 e. The molecule has 0 radical (unpaired) electrons. The van der Waals surface area contributed by atoms with Gasteiger partial charge in [-0.1, -0.05) is 30.3 Å². The zero-order valence-electron chi connectivity index (χ0n) is 15.0. The number of nitrogens with one attached hydrogen (secondary N) is 2. The number of rotatable bonds is 4. The Labute approximate surface area is 161 Å². The molecule has 1 aliphatic rings.